The van der Waals surface area contributed by atoms with Crippen molar-refractivity contribution in [1.82, 2.24) is 5.32 Å². The van der Waals surface area contributed by atoms with Crippen molar-refractivity contribution >= 4 is 17.7 Å². The molecule has 1 aliphatic heterocycles. The Kier molecular flexibility index (Phi) is 4.98. The van der Waals surface area contributed by atoms with Crippen molar-refractivity contribution in [1.29, 1.82) is 0 Å². The van der Waals surface area contributed by atoms with Gasteiger partial charge >= 0.3 is 0 Å². The van der Waals surface area contributed by atoms with Crippen LogP contribution in [0, 0.1) is 10.1 Å². The van der Waals surface area contributed by atoms with Crippen molar-refractivity contribution in [3.05, 3.63) is 33.9 Å². The second-order valence-electron chi connectivity index (χ2n) is 5.05. The molecule has 22 heavy (non-hydrogen) atoms. The molecule has 7 heteroatoms. The minimum absolute atomic E-state index is 0.0364. The average Bonchev–Trinajstić information content (AvgIpc) is 2.91. The molecule has 0 bridgehead atoms. The Balaban J connectivity index is 2.16. The molecule has 7 nitrogen and oxygen atoms in total. The van der Waals surface area contributed by atoms with Gasteiger partial charge in [-0.1, -0.05) is 13.3 Å². The summed E-state index contributed by atoms with van der Waals surface area (Å²) in [6, 6.07) is 2.87. The molecule has 0 saturated heterocycles. The third-order valence-electron chi connectivity index (χ3n) is 3.24. The Labute approximate surface area is 128 Å². The number of carbonyl (C=O) groups excluding carboxylic acids is 1. The van der Waals surface area contributed by atoms with Crippen LogP contribution in [0.25, 0.3) is 6.08 Å². The second kappa shape index (κ2) is 6.93. The summed E-state index contributed by atoms with van der Waals surface area (Å²) in [5.74, 6) is 0.489. The number of ether oxygens (including phenoxy) is 2. The standard InChI is InChI=1S/C15H18N2O5/c1-3-4-10(2)16-15(18)6-5-11-7-13-14(22-9-21-13)8-12(11)17(19)20/h5-8,10H,3-4,9H2,1-2H3,(H,16,18). The van der Waals surface area contributed by atoms with Crippen molar-refractivity contribution in [2.24, 2.45) is 0 Å². The van der Waals surface area contributed by atoms with Crippen LogP contribution in [0.3, 0.4) is 0 Å². The summed E-state index contributed by atoms with van der Waals surface area (Å²) < 4.78 is 10.3. The first-order chi connectivity index (χ1) is 10.5. The van der Waals surface area contributed by atoms with Crippen LogP contribution in [0.2, 0.25) is 0 Å². The first-order valence-electron chi connectivity index (χ1n) is 7.08. The summed E-state index contributed by atoms with van der Waals surface area (Å²) in [5, 5.41) is 13.9. The molecule has 1 N–H and O–H groups in total. The molecule has 0 saturated carbocycles. The molecular formula is C15H18N2O5. The summed E-state index contributed by atoms with van der Waals surface area (Å²) in [5.41, 5.74) is 0.169. The van der Waals surface area contributed by atoms with Crippen molar-refractivity contribution in [2.45, 2.75) is 32.7 Å². The van der Waals surface area contributed by atoms with Crippen LogP contribution in [0.5, 0.6) is 11.5 Å². The number of benzene rings is 1. The predicted octanol–water partition coefficient (Wildman–Crippen LogP) is 2.64. The van der Waals surface area contributed by atoms with Gasteiger partial charge in [0.1, 0.15) is 0 Å². The maximum atomic E-state index is 11.8. The summed E-state index contributed by atoms with van der Waals surface area (Å²) in [7, 11) is 0. The van der Waals surface area contributed by atoms with Gasteiger partial charge < -0.3 is 14.8 Å². The highest BCUT2D eigenvalue weighted by atomic mass is 16.7. The zero-order valence-electron chi connectivity index (χ0n) is 12.5. The lowest BCUT2D eigenvalue weighted by Gasteiger charge is -2.10. The van der Waals surface area contributed by atoms with Crippen LogP contribution in [0.4, 0.5) is 5.69 Å². The quantitative estimate of drug-likeness (QED) is 0.495. The molecule has 1 aromatic rings. The molecular weight excluding hydrogens is 288 g/mol. The van der Waals surface area contributed by atoms with E-state index in [0.29, 0.717) is 17.1 Å². The van der Waals surface area contributed by atoms with Crippen LogP contribution in [0.15, 0.2) is 18.2 Å². The molecule has 0 spiro atoms. The van der Waals surface area contributed by atoms with Gasteiger partial charge in [-0.3, -0.25) is 14.9 Å². The van der Waals surface area contributed by atoms with Crippen molar-refractivity contribution in [3.8, 4) is 11.5 Å². The van der Waals surface area contributed by atoms with Crippen molar-refractivity contribution in [3.63, 3.8) is 0 Å². The molecule has 1 aliphatic rings. The van der Waals surface area contributed by atoms with E-state index in [4.69, 9.17) is 9.47 Å². The number of amides is 1. The van der Waals surface area contributed by atoms with Gasteiger partial charge in [-0.2, -0.15) is 0 Å². The fourth-order valence-corrected chi connectivity index (χ4v) is 2.20. The maximum Gasteiger partial charge on any atom is 0.280 e. The second-order valence-corrected chi connectivity index (χ2v) is 5.05. The van der Waals surface area contributed by atoms with Gasteiger partial charge in [0.15, 0.2) is 11.5 Å². The number of fused-ring (bicyclic) bond motifs is 1. The molecule has 118 valence electrons. The lowest BCUT2D eigenvalue weighted by atomic mass is 10.1. The highest BCUT2D eigenvalue weighted by molar-refractivity contribution is 5.92. The third kappa shape index (κ3) is 3.75. The van der Waals surface area contributed by atoms with Gasteiger partial charge in [0.05, 0.1) is 16.6 Å². The lowest BCUT2D eigenvalue weighted by Crippen LogP contribution is -2.30. The third-order valence-corrected chi connectivity index (χ3v) is 3.24. The van der Waals surface area contributed by atoms with E-state index in [1.807, 2.05) is 13.8 Å². The molecule has 1 aromatic carbocycles. The average molecular weight is 306 g/mol. The van der Waals surface area contributed by atoms with E-state index in [1.165, 1.54) is 24.3 Å². The fourth-order valence-electron chi connectivity index (χ4n) is 2.20. The zero-order valence-corrected chi connectivity index (χ0v) is 12.5. The highest BCUT2D eigenvalue weighted by Gasteiger charge is 2.22. The van der Waals surface area contributed by atoms with Crippen LogP contribution in [-0.2, 0) is 4.79 Å². The predicted molar refractivity (Wildman–Crippen MR) is 80.8 cm³/mol. The molecule has 1 atom stereocenters. The van der Waals surface area contributed by atoms with E-state index in [0.717, 1.165) is 12.8 Å². The first-order valence-corrected chi connectivity index (χ1v) is 7.08. The monoisotopic (exact) mass is 306 g/mol. The summed E-state index contributed by atoms with van der Waals surface area (Å²) >= 11 is 0. The van der Waals surface area contributed by atoms with E-state index >= 15 is 0 Å². The number of hydrogen-bond donors (Lipinski definition) is 1. The molecule has 0 aliphatic carbocycles. The maximum absolute atomic E-state index is 11.8. The molecule has 1 heterocycles. The Morgan fingerprint density at radius 3 is 2.77 bits per heavy atom. The number of nitrogens with zero attached hydrogens (tertiary/aromatic N) is 1. The molecule has 1 unspecified atom stereocenters. The normalized spacial score (nSPS) is 14.1. The SMILES string of the molecule is CCCC(C)NC(=O)C=Cc1cc2c(cc1[N+](=O)[O-])OCO2. The Hall–Kier alpha value is -2.57. The van der Waals surface area contributed by atoms with Gasteiger partial charge in [0.25, 0.3) is 5.69 Å². The number of rotatable bonds is 6. The van der Waals surface area contributed by atoms with Crippen LogP contribution in [0.1, 0.15) is 32.3 Å². The van der Waals surface area contributed by atoms with Gasteiger partial charge in [0, 0.05) is 12.1 Å². The van der Waals surface area contributed by atoms with Crippen LogP contribution in [-0.4, -0.2) is 23.7 Å². The molecule has 0 aromatic heterocycles. The molecule has 0 radical (unpaired) electrons. The van der Waals surface area contributed by atoms with E-state index in [2.05, 4.69) is 5.32 Å². The molecule has 2 rings (SSSR count). The van der Waals surface area contributed by atoms with Crippen LogP contribution < -0.4 is 14.8 Å². The topological polar surface area (TPSA) is 90.7 Å². The Morgan fingerprint density at radius 1 is 1.45 bits per heavy atom. The van der Waals surface area contributed by atoms with Gasteiger partial charge in [0.2, 0.25) is 12.7 Å². The number of hydrogen-bond acceptors (Lipinski definition) is 5. The lowest BCUT2D eigenvalue weighted by molar-refractivity contribution is -0.385. The Bertz CT molecular complexity index is 612. The molecule has 1 amide bonds. The smallest absolute Gasteiger partial charge is 0.280 e. The zero-order chi connectivity index (χ0) is 16.1. The fraction of sp³-hybridized carbons (Fsp3) is 0.400. The van der Waals surface area contributed by atoms with Crippen LogP contribution >= 0.6 is 0 Å². The Morgan fingerprint density at radius 2 is 2.14 bits per heavy atom. The van der Waals surface area contributed by atoms with Crippen molar-refractivity contribution < 1.29 is 19.2 Å². The summed E-state index contributed by atoms with van der Waals surface area (Å²) in [6.07, 6.45) is 4.55. The number of nitro benzene ring substituents is 1. The van der Waals surface area contributed by atoms with E-state index in [-0.39, 0.29) is 24.4 Å². The van der Waals surface area contributed by atoms with Gasteiger partial charge in [-0.05, 0) is 25.5 Å². The van der Waals surface area contributed by atoms with E-state index < -0.39 is 4.92 Å². The molecule has 0 fully saturated rings. The largest absolute Gasteiger partial charge is 0.454 e. The number of nitrogens with one attached hydrogen (secondary N) is 1. The highest BCUT2D eigenvalue weighted by Crippen LogP contribution is 2.38. The van der Waals surface area contributed by atoms with Gasteiger partial charge in [-0.25, -0.2) is 0 Å². The van der Waals surface area contributed by atoms with E-state index in [1.54, 1.807) is 0 Å². The van der Waals surface area contributed by atoms with Crippen molar-refractivity contribution in [2.75, 3.05) is 6.79 Å². The van der Waals surface area contributed by atoms with Gasteiger partial charge in [-0.15, -0.1) is 0 Å². The first kappa shape index (κ1) is 15.8. The summed E-state index contributed by atoms with van der Waals surface area (Å²) in [4.78, 5) is 22.4. The number of carbonyl (C=O) groups is 1. The minimum Gasteiger partial charge on any atom is -0.454 e. The summed E-state index contributed by atoms with van der Waals surface area (Å²) in [6.45, 7) is 3.99. The number of nitro groups is 1. The van der Waals surface area contributed by atoms with E-state index in [9.17, 15) is 14.9 Å². The minimum atomic E-state index is -0.515.